The quantitative estimate of drug-likeness (QED) is 0.843. The number of amides is 1. The maximum absolute atomic E-state index is 12.2. The van der Waals surface area contributed by atoms with Crippen LogP contribution in [-0.4, -0.2) is 25.2 Å². The highest BCUT2D eigenvalue weighted by atomic mass is 32.2. The monoisotopic (exact) mass is 323 g/mol. The zero-order valence-electron chi connectivity index (χ0n) is 12.5. The summed E-state index contributed by atoms with van der Waals surface area (Å²) in [4.78, 5) is 12.2. The second-order valence-electron chi connectivity index (χ2n) is 4.86. The molecule has 0 aliphatic rings. The van der Waals surface area contributed by atoms with E-state index >= 15 is 0 Å². The van der Waals surface area contributed by atoms with Gasteiger partial charge in [0.05, 0.1) is 21.9 Å². The van der Waals surface area contributed by atoms with Crippen LogP contribution < -0.4 is 5.32 Å². The lowest BCUT2D eigenvalue weighted by molar-refractivity contribution is 0.102. The maximum atomic E-state index is 12.2. The van der Waals surface area contributed by atoms with Gasteiger partial charge >= 0.3 is 0 Å². The van der Waals surface area contributed by atoms with Crippen molar-refractivity contribution < 1.29 is 22.7 Å². The summed E-state index contributed by atoms with van der Waals surface area (Å²) in [5, 5.41) is 12.3. The van der Waals surface area contributed by atoms with Crippen molar-refractivity contribution in [2.45, 2.75) is 25.7 Å². The third-order valence-corrected chi connectivity index (χ3v) is 4.97. The minimum Gasteiger partial charge on any atom is -0.506 e. The standard InChI is InChI=1S/C15H17NO5S/c1-4-22(19,20)11-5-6-14(17)13(8-11)16-15(18)12-7-9(2)21-10(12)3/h5-8,17H,4H2,1-3H3,(H,16,18). The molecule has 2 N–H and O–H groups in total. The number of phenols is 1. The number of sulfone groups is 1. The molecule has 2 aromatic rings. The number of furan rings is 1. The average molecular weight is 323 g/mol. The first-order valence-electron chi connectivity index (χ1n) is 6.68. The van der Waals surface area contributed by atoms with Crippen molar-refractivity contribution in [3.63, 3.8) is 0 Å². The van der Waals surface area contributed by atoms with Gasteiger partial charge < -0.3 is 14.8 Å². The first-order valence-corrected chi connectivity index (χ1v) is 8.34. The van der Waals surface area contributed by atoms with Gasteiger partial charge in [0.25, 0.3) is 5.91 Å². The van der Waals surface area contributed by atoms with Gasteiger partial charge in [0, 0.05) is 0 Å². The zero-order chi connectivity index (χ0) is 16.5. The molecule has 1 amide bonds. The highest BCUT2D eigenvalue weighted by Gasteiger charge is 2.18. The van der Waals surface area contributed by atoms with Crippen molar-refractivity contribution in [2.75, 3.05) is 11.1 Å². The Morgan fingerprint density at radius 1 is 1.27 bits per heavy atom. The van der Waals surface area contributed by atoms with Gasteiger partial charge in [-0.25, -0.2) is 8.42 Å². The van der Waals surface area contributed by atoms with Crippen molar-refractivity contribution in [3.8, 4) is 5.75 Å². The Morgan fingerprint density at radius 2 is 1.95 bits per heavy atom. The molecule has 1 heterocycles. The number of rotatable bonds is 4. The largest absolute Gasteiger partial charge is 0.506 e. The lowest BCUT2D eigenvalue weighted by Gasteiger charge is -2.09. The fourth-order valence-electron chi connectivity index (χ4n) is 2.02. The summed E-state index contributed by atoms with van der Waals surface area (Å²) in [6.45, 7) is 4.90. The molecular weight excluding hydrogens is 306 g/mol. The summed E-state index contributed by atoms with van der Waals surface area (Å²) < 4.78 is 29.0. The predicted octanol–water partition coefficient (Wildman–Crippen LogP) is 2.65. The summed E-state index contributed by atoms with van der Waals surface area (Å²) in [5.74, 6) is 0.295. The Balaban J connectivity index is 2.35. The fraction of sp³-hybridized carbons (Fsp3) is 0.267. The SMILES string of the molecule is CCS(=O)(=O)c1ccc(O)c(NC(=O)c2cc(C)oc2C)c1. The van der Waals surface area contributed by atoms with Crippen molar-refractivity contribution in [1.82, 2.24) is 0 Å². The molecular formula is C15H17NO5S. The predicted molar refractivity (Wildman–Crippen MR) is 82.0 cm³/mol. The van der Waals surface area contributed by atoms with Crippen LogP contribution in [0.5, 0.6) is 5.75 Å². The van der Waals surface area contributed by atoms with Crippen molar-refractivity contribution in [2.24, 2.45) is 0 Å². The van der Waals surface area contributed by atoms with Crippen molar-refractivity contribution >= 4 is 21.4 Å². The van der Waals surface area contributed by atoms with Crippen LogP contribution in [-0.2, 0) is 9.84 Å². The lowest BCUT2D eigenvalue weighted by atomic mass is 10.2. The van der Waals surface area contributed by atoms with Crippen molar-refractivity contribution in [3.05, 3.63) is 41.3 Å². The maximum Gasteiger partial charge on any atom is 0.259 e. The number of benzene rings is 1. The first-order chi connectivity index (χ1) is 10.2. The van der Waals surface area contributed by atoms with Crippen LogP contribution >= 0.6 is 0 Å². The molecule has 0 radical (unpaired) electrons. The molecule has 0 saturated heterocycles. The molecule has 0 unspecified atom stereocenters. The normalized spacial score (nSPS) is 11.4. The minimum absolute atomic E-state index is 0.0396. The van der Waals surface area contributed by atoms with E-state index in [9.17, 15) is 18.3 Å². The molecule has 0 atom stereocenters. The van der Waals surface area contributed by atoms with E-state index in [1.807, 2.05) is 0 Å². The summed E-state index contributed by atoms with van der Waals surface area (Å²) >= 11 is 0. The van der Waals surface area contributed by atoms with Gasteiger partial charge in [0.2, 0.25) is 0 Å². The third kappa shape index (κ3) is 3.14. The molecule has 0 aliphatic carbocycles. The van der Waals surface area contributed by atoms with Gasteiger partial charge in [-0.2, -0.15) is 0 Å². The lowest BCUT2D eigenvalue weighted by Crippen LogP contribution is -2.13. The second kappa shape index (κ2) is 5.84. The van der Waals surface area contributed by atoms with E-state index in [1.165, 1.54) is 25.1 Å². The first kappa shape index (κ1) is 16.1. The smallest absolute Gasteiger partial charge is 0.259 e. The van der Waals surface area contributed by atoms with Gasteiger partial charge in [0.1, 0.15) is 17.3 Å². The summed E-state index contributed by atoms with van der Waals surface area (Å²) in [6.07, 6.45) is 0. The highest BCUT2D eigenvalue weighted by Crippen LogP contribution is 2.28. The third-order valence-electron chi connectivity index (χ3n) is 3.24. The summed E-state index contributed by atoms with van der Waals surface area (Å²) in [5.41, 5.74) is 0.374. The van der Waals surface area contributed by atoms with Crippen LogP contribution in [0.2, 0.25) is 0 Å². The van der Waals surface area contributed by atoms with Gasteiger partial charge in [-0.05, 0) is 38.1 Å². The number of aryl methyl sites for hydroxylation is 2. The number of carbonyl (C=O) groups is 1. The van der Waals surface area contributed by atoms with Crippen LogP contribution in [0.25, 0.3) is 0 Å². The zero-order valence-corrected chi connectivity index (χ0v) is 13.3. The number of hydrogen-bond acceptors (Lipinski definition) is 5. The number of carbonyl (C=O) groups excluding carboxylic acids is 1. The van der Waals surface area contributed by atoms with Gasteiger partial charge in [-0.1, -0.05) is 6.92 Å². The van der Waals surface area contributed by atoms with Gasteiger partial charge in [0.15, 0.2) is 9.84 Å². The van der Waals surface area contributed by atoms with Gasteiger partial charge in [-0.3, -0.25) is 4.79 Å². The number of phenolic OH excluding ortho intramolecular Hbond substituents is 1. The van der Waals surface area contributed by atoms with E-state index in [2.05, 4.69) is 5.32 Å². The average Bonchev–Trinajstić information content (AvgIpc) is 2.80. The van der Waals surface area contributed by atoms with Crippen LogP contribution in [0.1, 0.15) is 28.8 Å². The molecule has 2 rings (SSSR count). The molecule has 0 bridgehead atoms. The van der Waals surface area contributed by atoms with E-state index < -0.39 is 15.7 Å². The Labute approximate surface area is 128 Å². The minimum atomic E-state index is -3.42. The second-order valence-corrected chi connectivity index (χ2v) is 7.14. The molecule has 1 aromatic heterocycles. The fourth-order valence-corrected chi connectivity index (χ4v) is 2.93. The number of nitrogens with one attached hydrogen (secondary N) is 1. The summed E-state index contributed by atoms with van der Waals surface area (Å²) in [6, 6.07) is 5.37. The summed E-state index contributed by atoms with van der Waals surface area (Å²) in [7, 11) is -3.42. The van der Waals surface area contributed by atoms with E-state index in [-0.39, 0.29) is 22.1 Å². The Hall–Kier alpha value is -2.28. The van der Waals surface area contributed by atoms with E-state index in [0.717, 1.165) is 0 Å². The molecule has 0 aliphatic heterocycles. The van der Waals surface area contributed by atoms with E-state index in [0.29, 0.717) is 17.1 Å². The van der Waals surface area contributed by atoms with Gasteiger partial charge in [-0.15, -0.1) is 0 Å². The van der Waals surface area contributed by atoms with E-state index in [1.54, 1.807) is 19.9 Å². The Bertz CT molecular complexity index is 820. The Kier molecular flexibility index (Phi) is 4.27. The topological polar surface area (TPSA) is 96.6 Å². The molecule has 0 spiro atoms. The number of aromatic hydroxyl groups is 1. The number of hydrogen-bond donors (Lipinski definition) is 2. The number of anilines is 1. The molecule has 6 nitrogen and oxygen atoms in total. The molecule has 7 heteroatoms. The van der Waals surface area contributed by atoms with Crippen molar-refractivity contribution in [1.29, 1.82) is 0 Å². The molecule has 1 aromatic carbocycles. The Morgan fingerprint density at radius 3 is 2.50 bits per heavy atom. The van der Waals surface area contributed by atoms with E-state index in [4.69, 9.17) is 4.42 Å². The van der Waals surface area contributed by atoms with Crippen LogP contribution in [0, 0.1) is 13.8 Å². The molecule has 0 saturated carbocycles. The molecule has 22 heavy (non-hydrogen) atoms. The van der Waals surface area contributed by atoms with Crippen LogP contribution in [0.4, 0.5) is 5.69 Å². The molecule has 0 fully saturated rings. The van der Waals surface area contributed by atoms with Crippen LogP contribution in [0.15, 0.2) is 33.6 Å². The highest BCUT2D eigenvalue weighted by molar-refractivity contribution is 7.91. The molecule has 118 valence electrons. The van der Waals surface area contributed by atoms with Crippen LogP contribution in [0.3, 0.4) is 0 Å².